The Morgan fingerprint density at radius 3 is 2.32 bits per heavy atom. The van der Waals surface area contributed by atoms with Gasteiger partial charge in [0.1, 0.15) is 0 Å². The first kappa shape index (κ1) is 25.0. The highest BCUT2D eigenvalue weighted by Gasteiger charge is 2.30. The lowest BCUT2D eigenvalue weighted by molar-refractivity contribution is -0.114. The zero-order valence-corrected chi connectivity index (χ0v) is 21.7. The largest absolute Gasteiger partial charge is 0.278 e. The molecule has 0 radical (unpaired) electrons. The van der Waals surface area contributed by atoms with Crippen LogP contribution in [0.15, 0.2) is 82.2 Å². The van der Waals surface area contributed by atoms with Crippen LogP contribution in [0.4, 0.5) is 0 Å². The molecular formula is C23H21BrN2O5S3. The minimum atomic E-state index is -3.90. The normalized spacial score (nSPS) is 16.1. The molecule has 0 saturated carbocycles. The van der Waals surface area contributed by atoms with Crippen molar-refractivity contribution in [1.82, 2.24) is 4.72 Å². The van der Waals surface area contributed by atoms with Crippen LogP contribution in [0.25, 0.3) is 16.0 Å². The molecule has 5 N–H and O–H groups in total. The standard InChI is InChI=1S/C23H21BrN2O5S3/c24-20-10-15(6-9-19(20)22-12-23(27)26-34(22,30)31)13-32-14-18-8-7-17(11-21(18)33(25,28)29)16-4-2-1-3-5-16/h1-12,30-31H,13-14H2,(H,26,27)(H2,25,28,29). The van der Waals surface area contributed by atoms with Crippen LogP contribution < -0.4 is 9.86 Å². The third kappa shape index (κ3) is 5.57. The van der Waals surface area contributed by atoms with E-state index in [4.69, 9.17) is 5.14 Å². The minimum Gasteiger partial charge on any atom is -0.278 e. The third-order valence-corrected chi connectivity index (χ3v) is 9.26. The van der Waals surface area contributed by atoms with Crippen LogP contribution in [0.1, 0.15) is 16.7 Å². The molecule has 1 aliphatic heterocycles. The number of nitrogens with two attached hydrogens (primary N) is 1. The fraction of sp³-hybridized carbons (Fsp3) is 0.0870. The van der Waals surface area contributed by atoms with Crippen LogP contribution >= 0.6 is 38.5 Å². The molecule has 34 heavy (non-hydrogen) atoms. The number of thioether (sulfide) groups is 1. The molecule has 0 fully saturated rings. The van der Waals surface area contributed by atoms with E-state index >= 15 is 0 Å². The smallest absolute Gasteiger partial charge is 0.264 e. The van der Waals surface area contributed by atoms with Crippen molar-refractivity contribution in [2.75, 3.05) is 0 Å². The maximum Gasteiger partial charge on any atom is 0.264 e. The van der Waals surface area contributed by atoms with Crippen molar-refractivity contribution in [3.8, 4) is 11.1 Å². The van der Waals surface area contributed by atoms with E-state index in [0.29, 0.717) is 27.1 Å². The highest BCUT2D eigenvalue weighted by molar-refractivity contribution is 9.10. The van der Waals surface area contributed by atoms with Crippen LogP contribution in [-0.4, -0.2) is 23.4 Å². The van der Waals surface area contributed by atoms with Gasteiger partial charge in [0.15, 0.2) is 0 Å². The van der Waals surface area contributed by atoms with Gasteiger partial charge in [-0.1, -0.05) is 81.3 Å². The van der Waals surface area contributed by atoms with Crippen molar-refractivity contribution in [2.45, 2.75) is 16.4 Å². The van der Waals surface area contributed by atoms with E-state index < -0.39 is 26.7 Å². The SMILES string of the molecule is NS(=O)(=O)c1cc(-c2ccccc2)ccc1CSCc1ccc(C2=CC(=O)NS2(O)O)c(Br)c1. The number of carbonyl (C=O) groups excluding carboxylic acids is 1. The Labute approximate surface area is 212 Å². The van der Waals surface area contributed by atoms with E-state index in [2.05, 4.69) is 20.7 Å². The number of primary sulfonamides is 1. The lowest BCUT2D eigenvalue weighted by Gasteiger charge is -2.29. The molecule has 0 atom stereocenters. The predicted molar refractivity (Wildman–Crippen MR) is 141 cm³/mol. The monoisotopic (exact) mass is 580 g/mol. The van der Waals surface area contributed by atoms with Crippen LogP contribution in [0.5, 0.6) is 0 Å². The summed E-state index contributed by atoms with van der Waals surface area (Å²) in [6.45, 7) is 0. The lowest BCUT2D eigenvalue weighted by Crippen LogP contribution is -2.18. The van der Waals surface area contributed by atoms with Crippen molar-refractivity contribution < 1.29 is 22.3 Å². The zero-order valence-electron chi connectivity index (χ0n) is 17.6. The quantitative estimate of drug-likeness (QED) is 0.298. The molecule has 178 valence electrons. The van der Waals surface area contributed by atoms with Crippen molar-refractivity contribution >= 4 is 59.3 Å². The first-order valence-electron chi connectivity index (χ1n) is 9.94. The van der Waals surface area contributed by atoms with Crippen LogP contribution in [0, 0.1) is 0 Å². The molecule has 0 spiro atoms. The second kappa shape index (κ2) is 9.86. The Morgan fingerprint density at radius 2 is 1.71 bits per heavy atom. The summed E-state index contributed by atoms with van der Waals surface area (Å²) >= 11 is 4.96. The second-order valence-corrected chi connectivity index (χ2v) is 12.7. The van der Waals surface area contributed by atoms with Crippen LogP contribution in [0.3, 0.4) is 0 Å². The number of benzene rings is 3. The van der Waals surface area contributed by atoms with E-state index in [0.717, 1.165) is 16.7 Å². The van der Waals surface area contributed by atoms with E-state index in [1.165, 1.54) is 17.8 Å². The van der Waals surface area contributed by atoms with Gasteiger partial charge in [0.2, 0.25) is 10.0 Å². The summed E-state index contributed by atoms with van der Waals surface area (Å²) in [5.41, 5.74) is 3.76. The molecule has 4 rings (SSSR count). The molecule has 0 saturated heterocycles. The molecule has 1 heterocycles. The molecule has 3 aromatic carbocycles. The molecule has 0 unspecified atom stereocenters. The first-order valence-corrected chi connectivity index (χ1v) is 15.0. The van der Waals surface area contributed by atoms with E-state index in [1.807, 2.05) is 48.5 Å². The molecule has 0 aromatic heterocycles. The van der Waals surface area contributed by atoms with Gasteiger partial charge in [0.05, 0.1) is 9.80 Å². The highest BCUT2D eigenvalue weighted by atomic mass is 79.9. The van der Waals surface area contributed by atoms with E-state index in [-0.39, 0.29) is 9.80 Å². The summed E-state index contributed by atoms with van der Waals surface area (Å²) in [6.07, 6.45) is 1.18. The van der Waals surface area contributed by atoms with Gasteiger partial charge in [0.25, 0.3) is 5.91 Å². The molecular weight excluding hydrogens is 560 g/mol. The van der Waals surface area contributed by atoms with Crippen molar-refractivity contribution in [2.24, 2.45) is 5.14 Å². The molecule has 0 aliphatic carbocycles. The van der Waals surface area contributed by atoms with Gasteiger partial charge in [-0.25, -0.2) is 18.3 Å². The average Bonchev–Trinajstić information content (AvgIpc) is 3.05. The van der Waals surface area contributed by atoms with Crippen molar-refractivity contribution in [1.29, 1.82) is 0 Å². The number of rotatable bonds is 7. The Balaban J connectivity index is 1.50. The van der Waals surface area contributed by atoms with E-state index in [1.54, 1.807) is 18.2 Å². The maximum absolute atomic E-state index is 12.2. The van der Waals surface area contributed by atoms with Gasteiger partial charge in [0, 0.05) is 27.6 Å². The number of carbonyl (C=O) groups is 1. The van der Waals surface area contributed by atoms with Gasteiger partial charge < -0.3 is 0 Å². The summed E-state index contributed by atoms with van der Waals surface area (Å²) in [6, 6.07) is 20.1. The summed E-state index contributed by atoms with van der Waals surface area (Å²) in [4.78, 5) is 11.8. The lowest BCUT2D eigenvalue weighted by atomic mass is 10.0. The molecule has 1 amide bonds. The van der Waals surface area contributed by atoms with Crippen LogP contribution in [0.2, 0.25) is 0 Å². The van der Waals surface area contributed by atoms with Gasteiger partial charge in [-0.05, 0) is 34.4 Å². The predicted octanol–water partition coefficient (Wildman–Crippen LogP) is 5.33. The Hall–Kier alpha value is -2.12. The van der Waals surface area contributed by atoms with Crippen LogP contribution in [-0.2, 0) is 26.3 Å². The fourth-order valence-electron chi connectivity index (χ4n) is 3.53. The van der Waals surface area contributed by atoms with Crippen molar-refractivity contribution in [3.05, 3.63) is 94.0 Å². The van der Waals surface area contributed by atoms with Gasteiger partial charge >= 0.3 is 0 Å². The fourth-order valence-corrected chi connectivity index (χ4v) is 7.39. The van der Waals surface area contributed by atoms with Gasteiger partial charge in [-0.2, -0.15) is 11.8 Å². The summed E-state index contributed by atoms with van der Waals surface area (Å²) < 4.78 is 47.4. The molecule has 3 aromatic rings. The van der Waals surface area contributed by atoms with E-state index in [9.17, 15) is 22.3 Å². The average molecular weight is 582 g/mol. The number of hydrogen-bond acceptors (Lipinski definition) is 6. The zero-order chi connectivity index (χ0) is 24.5. The Kier molecular flexibility index (Phi) is 7.25. The highest BCUT2D eigenvalue weighted by Crippen LogP contribution is 2.53. The minimum absolute atomic E-state index is 0.105. The number of halogens is 1. The first-order chi connectivity index (χ1) is 16.0. The molecule has 0 bridgehead atoms. The topological polar surface area (TPSA) is 130 Å². The third-order valence-electron chi connectivity index (χ3n) is 5.12. The number of sulfonamides is 1. The second-order valence-electron chi connectivity index (χ2n) is 7.56. The summed E-state index contributed by atoms with van der Waals surface area (Å²) in [5, 5.41) is 5.50. The maximum atomic E-state index is 12.2. The number of amides is 1. The van der Waals surface area contributed by atoms with Crippen molar-refractivity contribution in [3.63, 3.8) is 0 Å². The number of nitrogens with one attached hydrogen (secondary N) is 1. The Bertz CT molecular complexity index is 1390. The Morgan fingerprint density at radius 1 is 0.971 bits per heavy atom. The molecule has 7 nitrogen and oxygen atoms in total. The number of hydrogen-bond donors (Lipinski definition) is 4. The summed E-state index contributed by atoms with van der Waals surface area (Å²) in [7, 11) is -7.26. The summed E-state index contributed by atoms with van der Waals surface area (Å²) in [5.74, 6) is 0.464. The van der Waals surface area contributed by atoms with Gasteiger partial charge in [-0.15, -0.1) is 0 Å². The molecule has 11 heteroatoms. The molecule has 1 aliphatic rings. The van der Waals surface area contributed by atoms with Gasteiger partial charge in [-0.3, -0.25) is 13.9 Å².